The van der Waals surface area contributed by atoms with Crippen molar-refractivity contribution in [2.45, 2.75) is 33.3 Å². The first kappa shape index (κ1) is 14.0. The summed E-state index contributed by atoms with van der Waals surface area (Å²) >= 11 is 1.65. The molecule has 0 bridgehead atoms. The molecule has 2 rings (SSSR count). The van der Waals surface area contributed by atoms with Crippen molar-refractivity contribution >= 4 is 11.3 Å². The first-order valence-corrected chi connectivity index (χ1v) is 7.08. The lowest BCUT2D eigenvalue weighted by atomic mass is 10.0. The van der Waals surface area contributed by atoms with E-state index in [1.54, 1.807) is 18.4 Å². The van der Waals surface area contributed by atoms with E-state index in [-0.39, 0.29) is 0 Å². The number of benzene rings is 1. The monoisotopic (exact) mass is 277 g/mol. The molecular formula is C15H19NO2S. The van der Waals surface area contributed by atoms with Crippen molar-refractivity contribution in [3.05, 3.63) is 44.9 Å². The summed E-state index contributed by atoms with van der Waals surface area (Å²) in [6, 6.07) is 5.80. The molecule has 0 aliphatic heterocycles. The molecule has 102 valence electrons. The zero-order valence-electron chi connectivity index (χ0n) is 11.7. The molecule has 1 aromatic heterocycles. The van der Waals surface area contributed by atoms with Crippen molar-refractivity contribution in [2.75, 3.05) is 7.11 Å². The summed E-state index contributed by atoms with van der Waals surface area (Å²) in [6.45, 7) is 6.04. The highest BCUT2D eigenvalue weighted by Crippen LogP contribution is 2.27. The second-order valence-corrected chi connectivity index (χ2v) is 5.99. The molecule has 3 nitrogen and oxygen atoms in total. The van der Waals surface area contributed by atoms with Crippen molar-refractivity contribution < 1.29 is 9.84 Å². The van der Waals surface area contributed by atoms with Crippen molar-refractivity contribution in [3.8, 4) is 5.75 Å². The van der Waals surface area contributed by atoms with Crippen LogP contribution in [0.25, 0.3) is 0 Å². The molecule has 0 amide bonds. The molecule has 1 heterocycles. The van der Waals surface area contributed by atoms with Crippen molar-refractivity contribution in [2.24, 2.45) is 0 Å². The molecule has 4 heteroatoms. The van der Waals surface area contributed by atoms with Crippen LogP contribution in [0.3, 0.4) is 0 Å². The van der Waals surface area contributed by atoms with Crippen molar-refractivity contribution in [3.63, 3.8) is 0 Å². The Morgan fingerprint density at radius 3 is 2.63 bits per heavy atom. The summed E-state index contributed by atoms with van der Waals surface area (Å²) in [5.74, 6) is 0.808. The summed E-state index contributed by atoms with van der Waals surface area (Å²) in [7, 11) is 1.64. The zero-order chi connectivity index (χ0) is 14.0. The number of ether oxygens (including phenoxy) is 1. The maximum atomic E-state index is 10.3. The van der Waals surface area contributed by atoms with E-state index in [0.29, 0.717) is 6.42 Å². The van der Waals surface area contributed by atoms with Crippen LogP contribution < -0.4 is 4.74 Å². The minimum atomic E-state index is -0.542. The number of aliphatic hydroxyl groups is 1. The quantitative estimate of drug-likeness (QED) is 0.932. The lowest BCUT2D eigenvalue weighted by molar-refractivity contribution is 0.178. The largest absolute Gasteiger partial charge is 0.496 e. The second kappa shape index (κ2) is 5.72. The van der Waals surface area contributed by atoms with Crippen LogP contribution in [0.1, 0.15) is 32.8 Å². The smallest absolute Gasteiger partial charge is 0.122 e. The van der Waals surface area contributed by atoms with E-state index in [0.717, 1.165) is 27.6 Å². The zero-order valence-corrected chi connectivity index (χ0v) is 12.5. The number of nitrogens with zero attached hydrogens (tertiary/aromatic N) is 1. The van der Waals surface area contributed by atoms with Gasteiger partial charge in [-0.05, 0) is 38.0 Å². The third-order valence-electron chi connectivity index (χ3n) is 3.26. The topological polar surface area (TPSA) is 42.4 Å². The Hall–Kier alpha value is -1.39. The fourth-order valence-electron chi connectivity index (χ4n) is 1.95. The number of hydrogen-bond acceptors (Lipinski definition) is 4. The van der Waals surface area contributed by atoms with Gasteiger partial charge in [0.25, 0.3) is 0 Å². The van der Waals surface area contributed by atoms with Gasteiger partial charge in [0, 0.05) is 11.3 Å². The standard InChI is InChI=1S/C15H19NO2S/c1-9-5-6-12(7-14(9)18-4)13(17)8-15-16-10(2)11(3)19-15/h5-7,13,17H,8H2,1-4H3. The maximum Gasteiger partial charge on any atom is 0.122 e. The maximum absolute atomic E-state index is 10.3. The number of hydrogen-bond donors (Lipinski definition) is 1. The molecule has 0 radical (unpaired) electrons. The predicted molar refractivity (Wildman–Crippen MR) is 78.0 cm³/mol. The van der Waals surface area contributed by atoms with Gasteiger partial charge in [-0.15, -0.1) is 11.3 Å². The van der Waals surface area contributed by atoms with E-state index in [9.17, 15) is 5.11 Å². The highest BCUT2D eigenvalue weighted by atomic mass is 32.1. The molecule has 1 N–H and O–H groups in total. The molecule has 0 fully saturated rings. The summed E-state index contributed by atoms with van der Waals surface area (Å²) < 4.78 is 5.29. The minimum absolute atomic E-state index is 0.542. The second-order valence-electron chi connectivity index (χ2n) is 4.70. The van der Waals surface area contributed by atoms with Gasteiger partial charge < -0.3 is 9.84 Å². The van der Waals surface area contributed by atoms with Gasteiger partial charge in [0.2, 0.25) is 0 Å². The number of thiazole rings is 1. The van der Waals surface area contributed by atoms with E-state index in [4.69, 9.17) is 4.74 Å². The third kappa shape index (κ3) is 3.14. The highest BCUT2D eigenvalue weighted by Gasteiger charge is 2.13. The summed E-state index contributed by atoms with van der Waals surface area (Å²) in [6.07, 6.45) is 0.00501. The molecule has 1 atom stereocenters. The van der Waals surface area contributed by atoms with Crippen LogP contribution in [-0.4, -0.2) is 17.2 Å². The van der Waals surface area contributed by atoms with Crippen LogP contribution in [-0.2, 0) is 6.42 Å². The summed E-state index contributed by atoms with van der Waals surface area (Å²) in [5.41, 5.74) is 2.99. The Labute approximate surface area is 117 Å². The number of aryl methyl sites for hydroxylation is 3. The van der Waals surface area contributed by atoms with Gasteiger partial charge in [-0.25, -0.2) is 4.98 Å². The predicted octanol–water partition coefficient (Wildman–Crippen LogP) is 3.35. The van der Waals surface area contributed by atoms with Crippen LogP contribution in [0.15, 0.2) is 18.2 Å². The van der Waals surface area contributed by atoms with Gasteiger partial charge in [0.1, 0.15) is 5.75 Å². The van der Waals surface area contributed by atoms with E-state index >= 15 is 0 Å². The van der Waals surface area contributed by atoms with Gasteiger partial charge in [0.15, 0.2) is 0 Å². The van der Waals surface area contributed by atoms with Crippen LogP contribution in [0, 0.1) is 20.8 Å². The first-order chi connectivity index (χ1) is 9.01. The molecule has 0 saturated heterocycles. The first-order valence-electron chi connectivity index (χ1n) is 6.26. The van der Waals surface area contributed by atoms with Gasteiger partial charge in [-0.1, -0.05) is 12.1 Å². The molecule has 1 unspecified atom stereocenters. The van der Waals surface area contributed by atoms with Crippen molar-refractivity contribution in [1.82, 2.24) is 4.98 Å². The SMILES string of the molecule is COc1cc(C(O)Cc2nc(C)c(C)s2)ccc1C. The summed E-state index contributed by atoms with van der Waals surface area (Å²) in [4.78, 5) is 5.67. The number of aliphatic hydroxyl groups excluding tert-OH is 1. The molecule has 19 heavy (non-hydrogen) atoms. The number of methoxy groups -OCH3 is 1. The number of aromatic nitrogens is 1. The van der Waals surface area contributed by atoms with Gasteiger partial charge in [-0.2, -0.15) is 0 Å². The third-order valence-corrected chi connectivity index (χ3v) is 4.35. The van der Waals surface area contributed by atoms with Crippen LogP contribution in [0.2, 0.25) is 0 Å². The minimum Gasteiger partial charge on any atom is -0.496 e. The molecule has 0 aliphatic rings. The summed E-state index contributed by atoms with van der Waals surface area (Å²) in [5, 5.41) is 11.3. The van der Waals surface area contributed by atoms with Gasteiger partial charge >= 0.3 is 0 Å². The Balaban J connectivity index is 2.17. The normalized spacial score (nSPS) is 12.5. The van der Waals surface area contributed by atoms with E-state index in [1.165, 1.54) is 4.88 Å². The van der Waals surface area contributed by atoms with Crippen LogP contribution >= 0.6 is 11.3 Å². The Kier molecular flexibility index (Phi) is 4.22. The average Bonchev–Trinajstić information content (AvgIpc) is 2.68. The van der Waals surface area contributed by atoms with E-state index in [2.05, 4.69) is 11.9 Å². The number of rotatable bonds is 4. The molecule has 0 aliphatic carbocycles. The van der Waals surface area contributed by atoms with E-state index in [1.807, 2.05) is 32.0 Å². The lowest BCUT2D eigenvalue weighted by Crippen LogP contribution is -2.02. The van der Waals surface area contributed by atoms with Crippen molar-refractivity contribution in [1.29, 1.82) is 0 Å². The Morgan fingerprint density at radius 1 is 1.32 bits per heavy atom. The van der Waals surface area contributed by atoms with Crippen LogP contribution in [0.5, 0.6) is 5.75 Å². The molecule has 1 aromatic carbocycles. The molecule has 2 aromatic rings. The molecule has 0 spiro atoms. The van der Waals surface area contributed by atoms with Gasteiger partial charge in [-0.3, -0.25) is 0 Å². The Bertz CT molecular complexity index is 558. The fourth-order valence-corrected chi connectivity index (χ4v) is 2.92. The highest BCUT2D eigenvalue weighted by molar-refractivity contribution is 7.11. The van der Waals surface area contributed by atoms with E-state index < -0.39 is 6.10 Å². The lowest BCUT2D eigenvalue weighted by Gasteiger charge is -2.12. The molecular weight excluding hydrogens is 258 g/mol. The molecule has 0 saturated carbocycles. The fraction of sp³-hybridized carbons (Fsp3) is 0.400. The van der Waals surface area contributed by atoms with Gasteiger partial charge in [0.05, 0.1) is 23.9 Å². The average molecular weight is 277 g/mol. The van der Waals surface area contributed by atoms with Crippen LogP contribution in [0.4, 0.5) is 0 Å². The Morgan fingerprint density at radius 2 is 2.05 bits per heavy atom.